The molecule has 1 aliphatic heterocycles. The van der Waals surface area contributed by atoms with Gasteiger partial charge >= 0.3 is 0 Å². The Morgan fingerprint density at radius 1 is 1.32 bits per heavy atom. The van der Waals surface area contributed by atoms with Crippen LogP contribution in [0.1, 0.15) is 24.4 Å². The number of carbonyl (C=O) groups excluding carboxylic acids is 1. The van der Waals surface area contributed by atoms with Gasteiger partial charge in [0.2, 0.25) is 5.91 Å². The molecule has 122 valence electrons. The van der Waals surface area contributed by atoms with Crippen molar-refractivity contribution in [1.82, 2.24) is 15.5 Å². The Morgan fingerprint density at radius 3 is 2.45 bits per heavy atom. The van der Waals surface area contributed by atoms with Crippen LogP contribution in [0.15, 0.2) is 18.2 Å². The molecule has 2 N–H and O–H groups in total. The molecule has 1 amide bonds. The zero-order chi connectivity index (χ0) is 16.1. The Hall–Kier alpha value is -1.53. The third-order valence-electron chi connectivity index (χ3n) is 4.14. The van der Waals surface area contributed by atoms with E-state index >= 15 is 0 Å². The summed E-state index contributed by atoms with van der Waals surface area (Å²) in [6, 6.07) is 3.29. The maximum atomic E-state index is 14.0. The Balaban J connectivity index is 2.05. The summed E-state index contributed by atoms with van der Waals surface area (Å²) in [5, 5.41) is 6.05. The van der Waals surface area contributed by atoms with E-state index in [0.717, 1.165) is 25.9 Å². The van der Waals surface area contributed by atoms with Crippen molar-refractivity contribution in [1.29, 1.82) is 0 Å². The summed E-state index contributed by atoms with van der Waals surface area (Å²) >= 11 is 0. The lowest BCUT2D eigenvalue weighted by Gasteiger charge is -2.27. The van der Waals surface area contributed by atoms with Crippen molar-refractivity contribution >= 4 is 5.91 Å². The average Bonchev–Trinajstić information content (AvgIpc) is 2.50. The van der Waals surface area contributed by atoms with Crippen LogP contribution < -0.4 is 10.6 Å². The molecule has 22 heavy (non-hydrogen) atoms. The molecule has 1 aliphatic rings. The molecular weight excluding hydrogens is 288 g/mol. The van der Waals surface area contributed by atoms with Crippen molar-refractivity contribution in [2.75, 3.05) is 33.7 Å². The van der Waals surface area contributed by atoms with Gasteiger partial charge in [0.1, 0.15) is 11.6 Å². The fourth-order valence-corrected chi connectivity index (χ4v) is 2.80. The molecule has 2 rings (SSSR count). The smallest absolute Gasteiger partial charge is 0.223 e. The van der Waals surface area contributed by atoms with Crippen molar-refractivity contribution in [3.63, 3.8) is 0 Å². The van der Waals surface area contributed by atoms with Gasteiger partial charge < -0.3 is 15.5 Å². The van der Waals surface area contributed by atoms with Crippen LogP contribution in [-0.4, -0.2) is 44.5 Å². The van der Waals surface area contributed by atoms with E-state index in [0.29, 0.717) is 0 Å². The minimum atomic E-state index is -0.588. The zero-order valence-corrected chi connectivity index (χ0v) is 13.0. The summed E-state index contributed by atoms with van der Waals surface area (Å²) in [4.78, 5) is 13.9. The first-order valence-corrected chi connectivity index (χ1v) is 7.59. The third kappa shape index (κ3) is 4.01. The number of likely N-dealkylation sites (N-methyl/N-ethyl adjacent to an activating group) is 1. The van der Waals surface area contributed by atoms with Gasteiger partial charge in [0.05, 0.1) is 6.04 Å². The van der Waals surface area contributed by atoms with E-state index in [1.165, 1.54) is 18.2 Å². The van der Waals surface area contributed by atoms with Gasteiger partial charge in [-0.1, -0.05) is 6.07 Å². The van der Waals surface area contributed by atoms with Crippen molar-refractivity contribution in [2.24, 2.45) is 5.92 Å². The lowest BCUT2D eigenvalue weighted by atomic mass is 9.97. The molecule has 1 fully saturated rings. The van der Waals surface area contributed by atoms with Gasteiger partial charge in [-0.25, -0.2) is 8.78 Å². The van der Waals surface area contributed by atoms with Crippen molar-refractivity contribution in [3.8, 4) is 0 Å². The van der Waals surface area contributed by atoms with Crippen molar-refractivity contribution in [3.05, 3.63) is 35.4 Å². The summed E-state index contributed by atoms with van der Waals surface area (Å²) in [7, 11) is 3.49. The van der Waals surface area contributed by atoms with Gasteiger partial charge in [-0.3, -0.25) is 4.79 Å². The second-order valence-electron chi connectivity index (χ2n) is 5.88. The number of benzene rings is 1. The molecule has 0 spiro atoms. The molecule has 4 nitrogen and oxygen atoms in total. The molecule has 1 aromatic carbocycles. The molecule has 0 radical (unpaired) electrons. The molecule has 1 saturated heterocycles. The van der Waals surface area contributed by atoms with E-state index < -0.39 is 17.7 Å². The van der Waals surface area contributed by atoms with Crippen LogP contribution in [0.25, 0.3) is 0 Å². The molecule has 0 aliphatic carbocycles. The van der Waals surface area contributed by atoms with E-state index in [1.807, 2.05) is 0 Å². The van der Waals surface area contributed by atoms with Crippen molar-refractivity contribution < 1.29 is 13.6 Å². The maximum Gasteiger partial charge on any atom is 0.223 e. The number of piperidine rings is 1. The van der Waals surface area contributed by atoms with E-state index in [9.17, 15) is 13.6 Å². The number of rotatable bonds is 5. The Kier molecular flexibility index (Phi) is 5.85. The normalized spacial score (nSPS) is 17.5. The number of hydrogen-bond acceptors (Lipinski definition) is 3. The SMILES string of the molecule is CN(C)C(CNC(=O)C1CCNCC1)c1c(F)cccc1F. The fourth-order valence-electron chi connectivity index (χ4n) is 2.80. The maximum absolute atomic E-state index is 14.0. The summed E-state index contributed by atoms with van der Waals surface area (Å²) in [5.41, 5.74) is -0.00175. The summed E-state index contributed by atoms with van der Waals surface area (Å²) in [5.74, 6) is -1.23. The van der Waals surface area contributed by atoms with Crippen LogP contribution in [0.2, 0.25) is 0 Å². The van der Waals surface area contributed by atoms with Crippen LogP contribution in [-0.2, 0) is 4.79 Å². The summed E-state index contributed by atoms with van der Waals surface area (Å²) < 4.78 is 27.9. The molecule has 1 unspecified atom stereocenters. The average molecular weight is 311 g/mol. The number of amides is 1. The van der Waals surface area contributed by atoms with E-state index in [1.54, 1.807) is 19.0 Å². The highest BCUT2D eigenvalue weighted by molar-refractivity contribution is 5.78. The van der Waals surface area contributed by atoms with Crippen LogP contribution >= 0.6 is 0 Å². The Labute approximate surface area is 129 Å². The number of halogens is 2. The Morgan fingerprint density at radius 2 is 1.91 bits per heavy atom. The molecule has 6 heteroatoms. The van der Waals surface area contributed by atoms with Crippen LogP contribution in [0.3, 0.4) is 0 Å². The topological polar surface area (TPSA) is 44.4 Å². The number of carbonyl (C=O) groups is 1. The predicted octanol–water partition coefficient (Wildman–Crippen LogP) is 1.68. The minimum absolute atomic E-state index is 0.00175. The molecule has 0 saturated carbocycles. The van der Waals surface area contributed by atoms with Gasteiger partial charge in [0, 0.05) is 18.0 Å². The largest absolute Gasteiger partial charge is 0.354 e. The van der Waals surface area contributed by atoms with Crippen LogP contribution in [0.4, 0.5) is 8.78 Å². The lowest BCUT2D eigenvalue weighted by Crippen LogP contribution is -2.41. The monoisotopic (exact) mass is 311 g/mol. The predicted molar refractivity (Wildman–Crippen MR) is 81.4 cm³/mol. The molecule has 0 aromatic heterocycles. The number of nitrogens with one attached hydrogen (secondary N) is 2. The third-order valence-corrected chi connectivity index (χ3v) is 4.14. The second-order valence-corrected chi connectivity index (χ2v) is 5.88. The summed E-state index contributed by atoms with van der Waals surface area (Å²) in [6.45, 7) is 1.85. The van der Waals surface area contributed by atoms with Crippen molar-refractivity contribution in [2.45, 2.75) is 18.9 Å². The quantitative estimate of drug-likeness (QED) is 0.870. The van der Waals surface area contributed by atoms with Crippen LogP contribution in [0.5, 0.6) is 0 Å². The minimum Gasteiger partial charge on any atom is -0.354 e. The molecule has 1 atom stereocenters. The van der Waals surface area contributed by atoms with Gasteiger partial charge in [-0.05, 0) is 52.2 Å². The van der Waals surface area contributed by atoms with Gasteiger partial charge in [0.15, 0.2) is 0 Å². The molecular formula is C16H23F2N3O. The molecule has 0 bridgehead atoms. The number of hydrogen-bond donors (Lipinski definition) is 2. The second kappa shape index (κ2) is 7.65. The zero-order valence-electron chi connectivity index (χ0n) is 13.0. The molecule has 1 heterocycles. The van der Waals surface area contributed by atoms with E-state index in [4.69, 9.17) is 0 Å². The highest BCUT2D eigenvalue weighted by Gasteiger charge is 2.25. The van der Waals surface area contributed by atoms with Gasteiger partial charge in [0.25, 0.3) is 0 Å². The number of nitrogens with zero attached hydrogens (tertiary/aromatic N) is 1. The fraction of sp³-hybridized carbons (Fsp3) is 0.562. The Bertz CT molecular complexity index is 496. The standard InChI is InChI=1S/C16H23F2N3O/c1-21(2)14(15-12(17)4-3-5-13(15)18)10-20-16(22)11-6-8-19-9-7-11/h3-5,11,14,19H,6-10H2,1-2H3,(H,20,22). The highest BCUT2D eigenvalue weighted by atomic mass is 19.1. The lowest BCUT2D eigenvalue weighted by molar-refractivity contribution is -0.126. The molecule has 1 aromatic rings. The van der Waals surface area contributed by atoms with Gasteiger partial charge in [-0.15, -0.1) is 0 Å². The highest BCUT2D eigenvalue weighted by Crippen LogP contribution is 2.24. The first-order valence-electron chi connectivity index (χ1n) is 7.59. The summed E-state index contributed by atoms with van der Waals surface area (Å²) in [6.07, 6.45) is 1.60. The van der Waals surface area contributed by atoms with E-state index in [2.05, 4.69) is 10.6 Å². The van der Waals surface area contributed by atoms with E-state index in [-0.39, 0.29) is 23.9 Å². The van der Waals surface area contributed by atoms with Crippen LogP contribution in [0, 0.1) is 17.6 Å². The first-order chi connectivity index (χ1) is 10.5. The first kappa shape index (κ1) is 16.8. The van der Waals surface area contributed by atoms with Gasteiger partial charge in [-0.2, -0.15) is 0 Å².